The van der Waals surface area contributed by atoms with E-state index in [1.54, 1.807) is 0 Å². The Morgan fingerprint density at radius 3 is 1.88 bits per heavy atom. The van der Waals surface area contributed by atoms with E-state index in [1.807, 2.05) is 0 Å². The van der Waals surface area contributed by atoms with Gasteiger partial charge in [-0.1, -0.05) is 66.2 Å². The second kappa shape index (κ2) is 8.94. The van der Waals surface area contributed by atoms with E-state index in [1.165, 1.54) is 51.4 Å². The van der Waals surface area contributed by atoms with Crippen LogP contribution in [0.2, 0.25) is 0 Å². The molecule has 0 nitrogen and oxygen atoms in total. The quantitative estimate of drug-likeness (QED) is 0.532. The highest BCUT2D eigenvalue weighted by molar-refractivity contribution is 4.80. The highest BCUT2D eigenvalue weighted by Crippen LogP contribution is 2.40. The molecule has 0 aromatic carbocycles. The summed E-state index contributed by atoms with van der Waals surface area (Å²) in [6.07, 6.45) is 11.8. The molecule has 0 radical (unpaired) electrons. The summed E-state index contributed by atoms with van der Waals surface area (Å²) < 4.78 is 9.50. The molecule has 0 saturated heterocycles. The largest absolute Gasteiger partial charge is 0.255 e. The Labute approximate surface area is 108 Å². The first-order valence-electron chi connectivity index (χ1n) is 7.41. The van der Waals surface area contributed by atoms with E-state index in [2.05, 4.69) is 27.7 Å². The van der Waals surface area contributed by atoms with Crippen molar-refractivity contribution in [1.29, 1.82) is 0 Å². The van der Waals surface area contributed by atoms with Gasteiger partial charge in [-0.15, -0.1) is 0 Å². The number of halogens is 1. The van der Waals surface area contributed by atoms with Crippen molar-refractivity contribution in [3.05, 3.63) is 0 Å². The van der Waals surface area contributed by atoms with Crippen LogP contribution in [-0.2, 0) is 0 Å². The lowest BCUT2D eigenvalue weighted by atomic mass is 9.69. The average molecular weight is 244 g/mol. The summed E-state index contributed by atoms with van der Waals surface area (Å²) >= 11 is 0. The topological polar surface area (TPSA) is 0 Å². The molecule has 1 heteroatoms. The Morgan fingerprint density at radius 1 is 0.941 bits per heavy atom. The van der Waals surface area contributed by atoms with E-state index in [4.69, 9.17) is 0 Å². The van der Waals surface area contributed by atoms with Gasteiger partial charge in [0.25, 0.3) is 0 Å². The summed E-state index contributed by atoms with van der Waals surface area (Å²) in [5.41, 5.74) is 0.550. The van der Waals surface area contributed by atoms with E-state index in [9.17, 15) is 4.39 Å². The molecule has 1 aliphatic rings. The van der Waals surface area contributed by atoms with Crippen LogP contribution in [-0.4, -0.2) is 7.18 Å². The van der Waals surface area contributed by atoms with Crippen LogP contribution in [0.25, 0.3) is 0 Å². The summed E-state index contributed by atoms with van der Waals surface area (Å²) in [6.45, 7) is 9.54. The van der Waals surface area contributed by atoms with Crippen molar-refractivity contribution in [1.82, 2.24) is 0 Å². The van der Waals surface area contributed by atoms with Crippen LogP contribution in [0.3, 0.4) is 0 Å². The van der Waals surface area contributed by atoms with Crippen molar-refractivity contribution >= 4 is 0 Å². The molecular weight excluding hydrogens is 211 g/mol. The van der Waals surface area contributed by atoms with Gasteiger partial charge in [-0.3, -0.25) is 4.39 Å². The predicted octanol–water partition coefficient (Wildman–Crippen LogP) is 6.00. The maximum atomic E-state index is 9.50. The maximum absolute atomic E-state index is 9.50. The molecule has 0 bridgehead atoms. The fourth-order valence-corrected chi connectivity index (χ4v) is 3.00. The van der Waals surface area contributed by atoms with Gasteiger partial charge in [-0.05, 0) is 30.1 Å². The molecule has 0 aliphatic heterocycles. The Hall–Kier alpha value is -0.0700. The van der Waals surface area contributed by atoms with Gasteiger partial charge >= 0.3 is 0 Å². The van der Waals surface area contributed by atoms with E-state index in [0.717, 1.165) is 11.8 Å². The molecule has 0 unspecified atom stereocenters. The highest BCUT2D eigenvalue weighted by atomic mass is 19.1. The lowest BCUT2D eigenvalue weighted by Crippen LogP contribution is -2.25. The van der Waals surface area contributed by atoms with Crippen molar-refractivity contribution in [3.8, 4) is 0 Å². The summed E-state index contributed by atoms with van der Waals surface area (Å²) in [6, 6.07) is 0. The van der Waals surface area contributed by atoms with Gasteiger partial charge in [-0.2, -0.15) is 0 Å². The molecule has 1 fully saturated rings. The predicted molar refractivity (Wildman–Crippen MR) is 76.1 cm³/mol. The van der Waals surface area contributed by atoms with Crippen LogP contribution >= 0.6 is 0 Å². The summed E-state index contributed by atoms with van der Waals surface area (Å²) in [5, 5.41) is 0. The van der Waals surface area contributed by atoms with Crippen molar-refractivity contribution in [2.45, 2.75) is 79.1 Å². The van der Waals surface area contributed by atoms with Crippen LogP contribution in [0.1, 0.15) is 79.1 Å². The van der Waals surface area contributed by atoms with Crippen molar-refractivity contribution in [2.75, 3.05) is 7.18 Å². The van der Waals surface area contributed by atoms with Gasteiger partial charge in [0.15, 0.2) is 0 Å². The Bertz CT molecular complexity index is 161. The maximum Gasteiger partial charge on any atom is 0.0785 e. The van der Waals surface area contributed by atoms with Gasteiger partial charge < -0.3 is 0 Å². The molecule has 1 aliphatic carbocycles. The van der Waals surface area contributed by atoms with Gasteiger partial charge in [0, 0.05) is 0 Å². The minimum absolute atomic E-state index is 0.500. The van der Waals surface area contributed by atoms with E-state index in [-0.39, 0.29) is 0 Å². The first-order valence-corrected chi connectivity index (χ1v) is 7.41. The Balaban J connectivity index is 0.00000121. The van der Waals surface area contributed by atoms with E-state index < -0.39 is 0 Å². The molecule has 17 heavy (non-hydrogen) atoms. The molecular formula is C16H33F. The van der Waals surface area contributed by atoms with E-state index in [0.29, 0.717) is 12.6 Å². The van der Waals surface area contributed by atoms with Gasteiger partial charge in [0.1, 0.15) is 0 Å². The number of hydrogen-bond donors (Lipinski definition) is 0. The normalized spacial score (nSPS) is 25.1. The molecule has 0 amide bonds. The van der Waals surface area contributed by atoms with Crippen LogP contribution in [0.4, 0.5) is 4.39 Å². The fourth-order valence-electron chi connectivity index (χ4n) is 3.00. The second-order valence-electron chi connectivity index (χ2n) is 6.58. The molecule has 1 rings (SSSR count). The molecule has 1 saturated carbocycles. The third-order valence-corrected chi connectivity index (χ3v) is 4.29. The zero-order valence-corrected chi connectivity index (χ0v) is 12.7. The van der Waals surface area contributed by atoms with Gasteiger partial charge in [0.2, 0.25) is 0 Å². The highest BCUT2D eigenvalue weighted by Gasteiger charge is 2.29. The van der Waals surface area contributed by atoms with Gasteiger partial charge in [-0.25, -0.2) is 0 Å². The fraction of sp³-hybridized carbons (Fsp3) is 1.00. The second-order valence-corrected chi connectivity index (χ2v) is 6.58. The third kappa shape index (κ3) is 7.06. The monoisotopic (exact) mass is 244 g/mol. The van der Waals surface area contributed by atoms with Crippen LogP contribution < -0.4 is 0 Å². The van der Waals surface area contributed by atoms with Crippen molar-refractivity contribution < 1.29 is 4.39 Å². The number of rotatable bonds is 4. The smallest absolute Gasteiger partial charge is 0.0785 e. The number of alkyl halides is 1. The minimum Gasteiger partial charge on any atom is -0.255 e. The summed E-state index contributed by atoms with van der Waals surface area (Å²) in [5.74, 6) is 2.05. The summed E-state index contributed by atoms with van der Waals surface area (Å²) in [7, 11) is 0.500. The van der Waals surface area contributed by atoms with Crippen molar-refractivity contribution in [3.63, 3.8) is 0 Å². The van der Waals surface area contributed by atoms with Crippen LogP contribution in [0, 0.1) is 17.3 Å². The molecule has 0 aromatic rings. The molecule has 0 heterocycles. The van der Waals surface area contributed by atoms with Gasteiger partial charge in [0.05, 0.1) is 7.18 Å². The zero-order chi connectivity index (χ0) is 13.3. The first-order chi connectivity index (χ1) is 8.04. The summed E-state index contributed by atoms with van der Waals surface area (Å²) in [4.78, 5) is 0. The minimum atomic E-state index is 0.500. The molecule has 0 aromatic heterocycles. The first kappa shape index (κ1) is 16.9. The third-order valence-electron chi connectivity index (χ3n) is 4.29. The Morgan fingerprint density at radius 2 is 1.47 bits per heavy atom. The van der Waals surface area contributed by atoms with Crippen LogP contribution in [0.15, 0.2) is 0 Å². The lowest BCUT2D eigenvalue weighted by Gasteiger charge is -2.37. The van der Waals surface area contributed by atoms with E-state index >= 15 is 0 Å². The molecule has 104 valence electrons. The molecule has 0 spiro atoms. The number of hydrogen-bond acceptors (Lipinski definition) is 0. The Kier molecular flexibility index (Phi) is 8.90. The molecule has 0 atom stereocenters. The zero-order valence-electron chi connectivity index (χ0n) is 12.7. The van der Waals surface area contributed by atoms with Crippen LogP contribution in [0.5, 0.6) is 0 Å². The molecule has 0 N–H and O–H groups in total. The lowest BCUT2D eigenvalue weighted by molar-refractivity contribution is 0.145. The average Bonchev–Trinajstić information content (AvgIpc) is 2.32. The van der Waals surface area contributed by atoms with Crippen molar-refractivity contribution in [2.24, 2.45) is 17.3 Å². The number of unbranched alkanes of at least 4 members (excludes halogenated alkanes) is 2. The standard InChI is InChI=1S/C15H30.CH3F/c1-5-6-7-8-13-9-11-14(12-10-13)15(2,3)4;1-2/h13-14H,5-12H2,1-4H3;1H3. The SMILES string of the molecule is CCCCCC1CCC(C(C)(C)C)CC1.CF.